The van der Waals surface area contributed by atoms with E-state index in [4.69, 9.17) is 29.9 Å². The minimum atomic E-state index is 0.874. The van der Waals surface area contributed by atoms with Gasteiger partial charge in [-0.3, -0.25) is 19.9 Å². The van der Waals surface area contributed by atoms with Crippen LogP contribution in [0, 0.1) is 13.8 Å². The predicted molar refractivity (Wildman–Crippen MR) is 196 cm³/mol. The van der Waals surface area contributed by atoms with Crippen molar-refractivity contribution in [2.75, 3.05) is 0 Å². The Kier molecular flexibility index (Phi) is 5.61. The normalized spacial score (nSPS) is 12.0. The largest absolute Gasteiger partial charge is 0.254 e. The minimum absolute atomic E-state index is 0.874. The molecule has 0 saturated carbocycles. The molecular weight excluding hydrogens is 589 g/mol. The van der Waals surface area contributed by atoms with Crippen LogP contribution in [0.25, 0.3) is 98.7 Å². The molecule has 0 radical (unpaired) electrons. The van der Waals surface area contributed by atoms with E-state index in [1.54, 1.807) is 0 Å². The molecule has 4 aromatic carbocycles. The van der Waals surface area contributed by atoms with Crippen LogP contribution in [0.2, 0.25) is 0 Å². The Morgan fingerprint density at radius 2 is 0.771 bits per heavy atom. The molecule has 0 aliphatic heterocycles. The third-order valence-corrected chi connectivity index (χ3v) is 9.44. The van der Waals surface area contributed by atoms with Gasteiger partial charge in [0.25, 0.3) is 0 Å². The minimum Gasteiger partial charge on any atom is -0.254 e. The Morgan fingerprint density at radius 1 is 0.354 bits per heavy atom. The summed E-state index contributed by atoms with van der Waals surface area (Å²) in [5, 5.41) is 8.39. The lowest BCUT2D eigenvalue weighted by Crippen LogP contribution is -1.96. The summed E-state index contributed by atoms with van der Waals surface area (Å²) in [5.41, 5.74) is 11.1. The van der Waals surface area contributed by atoms with Gasteiger partial charge in [0, 0.05) is 78.0 Å². The molecule has 10 aromatic rings. The van der Waals surface area contributed by atoms with Crippen LogP contribution in [0.3, 0.4) is 0 Å². The zero-order valence-corrected chi connectivity index (χ0v) is 26.2. The SMILES string of the molecule is Cc1ccc2c(-c3ccc4ccc5cccnc5c4n3)cc3c(cc(-c4ccc5ccc6cccnc6c5n4)c4ccc(C)nc43)c2n1. The predicted octanol–water partition coefficient (Wildman–Crippen LogP) is 10.1. The molecule has 0 atom stereocenters. The molecule has 0 N–H and O–H groups in total. The van der Waals surface area contributed by atoms with E-state index < -0.39 is 0 Å². The van der Waals surface area contributed by atoms with Crippen molar-refractivity contribution in [1.82, 2.24) is 29.9 Å². The summed E-state index contributed by atoms with van der Waals surface area (Å²) < 4.78 is 0. The molecule has 6 nitrogen and oxygen atoms in total. The number of fused-ring (bicyclic) bond motifs is 11. The van der Waals surface area contributed by atoms with Crippen LogP contribution in [-0.2, 0) is 0 Å². The number of hydrogen-bond donors (Lipinski definition) is 0. The lowest BCUT2D eigenvalue weighted by molar-refractivity contribution is 1.25. The summed E-state index contributed by atoms with van der Waals surface area (Å²) in [4.78, 5) is 30.2. The quantitative estimate of drug-likeness (QED) is 0.180. The Balaban J connectivity index is 1.30. The van der Waals surface area contributed by atoms with E-state index in [1.165, 1.54) is 0 Å². The molecule has 0 saturated heterocycles. The van der Waals surface area contributed by atoms with Crippen molar-refractivity contribution in [1.29, 1.82) is 0 Å². The van der Waals surface area contributed by atoms with Gasteiger partial charge in [-0.1, -0.05) is 60.7 Å². The van der Waals surface area contributed by atoms with Gasteiger partial charge in [-0.15, -0.1) is 0 Å². The fourth-order valence-corrected chi connectivity index (χ4v) is 7.12. The van der Waals surface area contributed by atoms with Crippen LogP contribution in [0.15, 0.2) is 122 Å². The molecule has 0 bridgehead atoms. The summed E-state index contributed by atoms with van der Waals surface area (Å²) in [6.07, 6.45) is 3.66. The van der Waals surface area contributed by atoms with E-state index in [0.29, 0.717) is 0 Å². The van der Waals surface area contributed by atoms with Gasteiger partial charge in [-0.05, 0) is 62.4 Å². The van der Waals surface area contributed by atoms with E-state index >= 15 is 0 Å². The summed E-state index contributed by atoms with van der Waals surface area (Å²) in [6.45, 7) is 4.08. The molecule has 0 fully saturated rings. The van der Waals surface area contributed by atoms with Crippen LogP contribution < -0.4 is 0 Å². The summed E-state index contributed by atoms with van der Waals surface area (Å²) in [6, 6.07) is 37.9. The average molecular weight is 615 g/mol. The lowest BCUT2D eigenvalue weighted by atomic mass is 9.92. The molecule has 0 aliphatic carbocycles. The van der Waals surface area contributed by atoms with Crippen LogP contribution in [0.5, 0.6) is 0 Å². The topological polar surface area (TPSA) is 77.3 Å². The van der Waals surface area contributed by atoms with Crippen LogP contribution in [0.1, 0.15) is 11.4 Å². The standard InChI is InChI=1S/C42H26N6/c1-23-7-15-29-31(35-17-13-27-11-9-25-5-3-19-43-37(25)39(27)47-35)22-34-33(41(29)45-23)21-32(30-16-8-24(2)46-42(30)34)36-18-14-28-12-10-26-6-4-20-44-38(26)40(28)48-36/h3-22H,1-2H3. The fraction of sp³-hybridized carbons (Fsp3) is 0.0476. The first-order valence-electron chi connectivity index (χ1n) is 16.0. The third-order valence-electron chi connectivity index (χ3n) is 9.44. The molecule has 6 heteroatoms. The van der Waals surface area contributed by atoms with Crippen molar-refractivity contribution in [2.24, 2.45) is 0 Å². The van der Waals surface area contributed by atoms with E-state index in [1.807, 2.05) is 38.4 Å². The number of aryl methyl sites for hydroxylation is 2. The fourth-order valence-electron chi connectivity index (χ4n) is 7.12. The summed E-state index contributed by atoms with van der Waals surface area (Å²) in [7, 11) is 0. The third kappa shape index (κ3) is 3.99. The van der Waals surface area contributed by atoms with Crippen molar-refractivity contribution < 1.29 is 0 Å². The van der Waals surface area contributed by atoms with Gasteiger partial charge in [0.05, 0.1) is 44.5 Å². The van der Waals surface area contributed by atoms with Crippen LogP contribution in [0.4, 0.5) is 0 Å². The molecule has 10 rings (SSSR count). The van der Waals surface area contributed by atoms with Gasteiger partial charge in [0.2, 0.25) is 0 Å². The van der Waals surface area contributed by atoms with Crippen molar-refractivity contribution >= 4 is 76.2 Å². The Bertz CT molecular complexity index is 2780. The van der Waals surface area contributed by atoms with E-state index in [9.17, 15) is 0 Å². The van der Waals surface area contributed by atoms with Crippen LogP contribution >= 0.6 is 0 Å². The zero-order chi connectivity index (χ0) is 31.9. The second-order valence-corrected chi connectivity index (χ2v) is 12.5. The zero-order valence-electron chi connectivity index (χ0n) is 26.2. The van der Waals surface area contributed by atoms with Gasteiger partial charge in [0.1, 0.15) is 0 Å². The highest BCUT2D eigenvalue weighted by Crippen LogP contribution is 2.41. The first-order chi connectivity index (χ1) is 23.6. The second-order valence-electron chi connectivity index (χ2n) is 12.5. The molecule has 48 heavy (non-hydrogen) atoms. The molecule has 0 spiro atoms. The Hall–Kier alpha value is -6.40. The highest BCUT2D eigenvalue weighted by molar-refractivity contribution is 6.22. The van der Waals surface area contributed by atoms with Crippen molar-refractivity contribution in [2.45, 2.75) is 13.8 Å². The molecular formula is C42H26N6. The Labute approximate surface area is 274 Å². The van der Waals surface area contributed by atoms with E-state index in [2.05, 4.69) is 97.1 Å². The lowest BCUT2D eigenvalue weighted by Gasteiger charge is -2.16. The van der Waals surface area contributed by atoms with Crippen LogP contribution in [-0.4, -0.2) is 29.9 Å². The average Bonchev–Trinajstić information content (AvgIpc) is 3.13. The molecule has 0 unspecified atom stereocenters. The van der Waals surface area contributed by atoms with Gasteiger partial charge >= 0.3 is 0 Å². The van der Waals surface area contributed by atoms with E-state index in [-0.39, 0.29) is 0 Å². The summed E-state index contributed by atoms with van der Waals surface area (Å²) >= 11 is 0. The number of benzene rings is 4. The number of pyridine rings is 6. The molecule has 0 amide bonds. The smallest absolute Gasteiger partial charge is 0.0972 e. The van der Waals surface area contributed by atoms with E-state index in [0.717, 1.165) is 110 Å². The first kappa shape index (κ1) is 26.8. The number of rotatable bonds is 2. The monoisotopic (exact) mass is 614 g/mol. The highest BCUT2D eigenvalue weighted by Gasteiger charge is 2.19. The maximum Gasteiger partial charge on any atom is 0.0972 e. The number of aromatic nitrogens is 6. The van der Waals surface area contributed by atoms with Crippen molar-refractivity contribution in [3.63, 3.8) is 0 Å². The molecule has 6 aromatic heterocycles. The second kappa shape index (κ2) is 10.0. The molecule has 224 valence electrons. The maximum absolute atomic E-state index is 5.24. The highest BCUT2D eigenvalue weighted by atomic mass is 14.8. The first-order valence-corrected chi connectivity index (χ1v) is 16.0. The summed E-state index contributed by atoms with van der Waals surface area (Å²) in [5.74, 6) is 0. The van der Waals surface area contributed by atoms with Gasteiger partial charge in [0.15, 0.2) is 0 Å². The molecule has 6 heterocycles. The molecule has 0 aliphatic rings. The number of hydrogen-bond acceptors (Lipinski definition) is 6. The Morgan fingerprint density at radius 3 is 1.23 bits per heavy atom. The number of nitrogens with zero attached hydrogens (tertiary/aromatic N) is 6. The van der Waals surface area contributed by atoms with Gasteiger partial charge in [-0.25, -0.2) is 9.97 Å². The van der Waals surface area contributed by atoms with Gasteiger partial charge < -0.3 is 0 Å². The van der Waals surface area contributed by atoms with Gasteiger partial charge in [-0.2, -0.15) is 0 Å². The van der Waals surface area contributed by atoms with Crippen molar-refractivity contribution in [3.05, 3.63) is 133 Å². The maximum atomic E-state index is 5.24. The van der Waals surface area contributed by atoms with Crippen molar-refractivity contribution in [3.8, 4) is 22.5 Å².